The normalized spacial score (nSPS) is 13.1. The van der Waals surface area contributed by atoms with Gasteiger partial charge in [-0.15, -0.1) is 0 Å². The van der Waals surface area contributed by atoms with Crippen LogP contribution in [0.2, 0.25) is 0 Å². The number of hydrogen-bond donors (Lipinski definition) is 2. The van der Waals surface area contributed by atoms with Crippen LogP contribution in [0.3, 0.4) is 0 Å². The quantitative estimate of drug-likeness (QED) is 0.624. The second kappa shape index (κ2) is 6.56. The van der Waals surface area contributed by atoms with Gasteiger partial charge in [-0.1, -0.05) is 6.92 Å². The zero-order valence-corrected chi connectivity index (χ0v) is 10.8. The zero-order valence-electron chi connectivity index (χ0n) is 10.8. The number of rotatable bonds is 6. The maximum Gasteiger partial charge on any atom is 0.416 e. The number of hydrogen-bond acceptors (Lipinski definition) is 4. The Hall–Kier alpha value is -1.83. The van der Waals surface area contributed by atoms with Crippen LogP contribution in [-0.4, -0.2) is 23.2 Å². The van der Waals surface area contributed by atoms with E-state index in [0.29, 0.717) is 19.0 Å². The third-order valence-electron chi connectivity index (χ3n) is 2.78. The van der Waals surface area contributed by atoms with Crippen molar-refractivity contribution >= 4 is 11.4 Å². The highest BCUT2D eigenvalue weighted by atomic mass is 19.4. The first-order valence-electron chi connectivity index (χ1n) is 5.96. The smallest absolute Gasteiger partial charge is 0.396 e. The van der Waals surface area contributed by atoms with Crippen molar-refractivity contribution in [3.8, 4) is 0 Å². The van der Waals surface area contributed by atoms with Crippen molar-refractivity contribution in [2.24, 2.45) is 5.92 Å². The molecule has 1 atom stereocenters. The summed E-state index contributed by atoms with van der Waals surface area (Å²) in [5, 5.41) is 22.3. The molecule has 2 N–H and O–H groups in total. The fraction of sp³-hybridized carbons (Fsp3) is 0.500. The second-order valence-corrected chi connectivity index (χ2v) is 4.49. The Morgan fingerprint density at radius 2 is 2.10 bits per heavy atom. The number of nitrogens with one attached hydrogen (secondary N) is 1. The molecule has 0 bridgehead atoms. The van der Waals surface area contributed by atoms with Crippen molar-refractivity contribution < 1.29 is 23.2 Å². The lowest BCUT2D eigenvalue weighted by Crippen LogP contribution is -2.14. The van der Waals surface area contributed by atoms with Gasteiger partial charge in [0.15, 0.2) is 0 Å². The molecular weight excluding hydrogens is 277 g/mol. The molecule has 0 spiro atoms. The molecule has 1 rings (SSSR count). The molecule has 0 saturated carbocycles. The van der Waals surface area contributed by atoms with Crippen molar-refractivity contribution in [3.63, 3.8) is 0 Å². The third kappa shape index (κ3) is 4.37. The van der Waals surface area contributed by atoms with Crippen molar-refractivity contribution in [3.05, 3.63) is 33.9 Å². The Labute approximate surface area is 113 Å². The first-order chi connectivity index (χ1) is 9.25. The van der Waals surface area contributed by atoms with Gasteiger partial charge < -0.3 is 10.4 Å². The molecule has 0 aliphatic heterocycles. The summed E-state index contributed by atoms with van der Waals surface area (Å²) < 4.78 is 37.5. The predicted molar refractivity (Wildman–Crippen MR) is 67.5 cm³/mol. The summed E-state index contributed by atoms with van der Waals surface area (Å²) in [5.74, 6) is 0.0434. The summed E-state index contributed by atoms with van der Waals surface area (Å²) in [6.07, 6.45) is -4.12. The van der Waals surface area contributed by atoms with Gasteiger partial charge in [0, 0.05) is 19.2 Å². The number of halogens is 3. The molecule has 8 heteroatoms. The summed E-state index contributed by atoms with van der Waals surface area (Å²) in [6.45, 7) is 2.13. The van der Waals surface area contributed by atoms with Gasteiger partial charge in [0.1, 0.15) is 5.69 Å². The van der Waals surface area contributed by atoms with E-state index in [1.807, 2.05) is 6.92 Å². The zero-order chi connectivity index (χ0) is 15.3. The molecule has 0 aromatic heterocycles. The summed E-state index contributed by atoms with van der Waals surface area (Å²) in [4.78, 5) is 9.98. The Bertz CT molecular complexity index is 478. The maximum absolute atomic E-state index is 12.5. The van der Waals surface area contributed by atoms with Gasteiger partial charge in [-0.3, -0.25) is 10.1 Å². The first kappa shape index (κ1) is 16.2. The van der Waals surface area contributed by atoms with Gasteiger partial charge >= 0.3 is 6.18 Å². The van der Waals surface area contributed by atoms with Crippen LogP contribution in [0.25, 0.3) is 0 Å². The van der Waals surface area contributed by atoms with E-state index < -0.39 is 22.4 Å². The largest absolute Gasteiger partial charge is 0.416 e. The van der Waals surface area contributed by atoms with E-state index in [-0.39, 0.29) is 18.2 Å². The number of nitro groups is 1. The summed E-state index contributed by atoms with van der Waals surface area (Å²) >= 11 is 0. The molecular formula is C12H15F3N2O3. The minimum absolute atomic E-state index is 0.0159. The Balaban J connectivity index is 2.94. The Morgan fingerprint density at radius 3 is 2.60 bits per heavy atom. The van der Waals surface area contributed by atoms with Gasteiger partial charge in [-0.2, -0.15) is 13.2 Å². The molecule has 0 amide bonds. The number of nitro benzene ring substituents is 1. The van der Waals surface area contributed by atoms with Crippen molar-refractivity contribution in [1.29, 1.82) is 0 Å². The number of aliphatic hydroxyl groups excluding tert-OH is 1. The monoisotopic (exact) mass is 292 g/mol. The lowest BCUT2D eigenvalue weighted by Gasteiger charge is -2.13. The van der Waals surface area contributed by atoms with Crippen LogP contribution in [0, 0.1) is 16.0 Å². The van der Waals surface area contributed by atoms with Crippen molar-refractivity contribution in [1.82, 2.24) is 0 Å². The average molecular weight is 292 g/mol. The molecule has 1 aromatic carbocycles. The summed E-state index contributed by atoms with van der Waals surface area (Å²) in [6, 6.07) is 2.36. The highest BCUT2D eigenvalue weighted by molar-refractivity contribution is 5.62. The molecule has 0 saturated heterocycles. The number of nitrogens with zero attached hydrogens (tertiary/aromatic N) is 1. The van der Waals surface area contributed by atoms with Crippen LogP contribution in [0.4, 0.5) is 24.5 Å². The van der Waals surface area contributed by atoms with Gasteiger partial charge in [-0.25, -0.2) is 0 Å². The fourth-order valence-corrected chi connectivity index (χ4v) is 1.62. The van der Waals surface area contributed by atoms with E-state index >= 15 is 0 Å². The highest BCUT2D eigenvalue weighted by Gasteiger charge is 2.33. The molecule has 5 nitrogen and oxygen atoms in total. The van der Waals surface area contributed by atoms with Crippen LogP contribution < -0.4 is 5.32 Å². The Kier molecular flexibility index (Phi) is 5.32. The maximum atomic E-state index is 12.5. The minimum Gasteiger partial charge on any atom is -0.396 e. The first-order valence-corrected chi connectivity index (χ1v) is 5.96. The summed E-state index contributed by atoms with van der Waals surface area (Å²) in [7, 11) is 0. The lowest BCUT2D eigenvalue weighted by atomic mass is 10.1. The van der Waals surface area contributed by atoms with Gasteiger partial charge in [0.05, 0.1) is 10.5 Å². The number of anilines is 1. The summed E-state index contributed by atoms with van der Waals surface area (Å²) in [5.41, 5.74) is -1.64. The number of aliphatic hydroxyl groups is 1. The van der Waals surface area contributed by atoms with Gasteiger partial charge in [0.2, 0.25) is 0 Å². The van der Waals surface area contributed by atoms with E-state index in [4.69, 9.17) is 5.11 Å². The highest BCUT2D eigenvalue weighted by Crippen LogP contribution is 2.34. The molecule has 0 aliphatic rings. The molecule has 0 fully saturated rings. The predicted octanol–water partition coefficient (Wildman–Crippen LogP) is 3.04. The van der Waals surface area contributed by atoms with E-state index in [0.717, 1.165) is 12.1 Å². The number of alkyl halides is 3. The van der Waals surface area contributed by atoms with E-state index in [2.05, 4.69) is 5.32 Å². The van der Waals surface area contributed by atoms with E-state index in [9.17, 15) is 23.3 Å². The molecule has 0 radical (unpaired) electrons. The Morgan fingerprint density at radius 1 is 1.45 bits per heavy atom. The van der Waals surface area contributed by atoms with Crippen LogP contribution in [0.5, 0.6) is 0 Å². The van der Waals surface area contributed by atoms with Crippen molar-refractivity contribution in [2.45, 2.75) is 19.5 Å². The molecule has 20 heavy (non-hydrogen) atoms. The van der Waals surface area contributed by atoms with Crippen LogP contribution in [0.1, 0.15) is 18.9 Å². The van der Waals surface area contributed by atoms with E-state index in [1.54, 1.807) is 0 Å². The topological polar surface area (TPSA) is 75.4 Å². The lowest BCUT2D eigenvalue weighted by molar-refractivity contribution is -0.384. The van der Waals surface area contributed by atoms with Crippen LogP contribution in [0.15, 0.2) is 18.2 Å². The van der Waals surface area contributed by atoms with Crippen molar-refractivity contribution in [2.75, 3.05) is 18.5 Å². The second-order valence-electron chi connectivity index (χ2n) is 4.49. The standard InChI is InChI=1S/C12H15F3N2O3/c1-8(4-5-18)7-16-10-3-2-9(12(13,14)15)6-11(10)17(19)20/h2-3,6,8,16,18H,4-5,7H2,1H3. The van der Waals surface area contributed by atoms with Crippen LogP contribution >= 0.6 is 0 Å². The third-order valence-corrected chi connectivity index (χ3v) is 2.78. The average Bonchev–Trinajstić information content (AvgIpc) is 2.35. The SMILES string of the molecule is CC(CCO)CNc1ccc(C(F)(F)F)cc1[N+](=O)[O-]. The van der Waals surface area contributed by atoms with Gasteiger partial charge in [0.25, 0.3) is 5.69 Å². The number of benzene rings is 1. The fourth-order valence-electron chi connectivity index (χ4n) is 1.62. The van der Waals surface area contributed by atoms with E-state index in [1.165, 1.54) is 0 Å². The molecule has 1 aromatic rings. The van der Waals surface area contributed by atoms with Crippen LogP contribution in [-0.2, 0) is 6.18 Å². The molecule has 0 heterocycles. The minimum atomic E-state index is -4.62. The molecule has 0 aliphatic carbocycles. The van der Waals surface area contributed by atoms with Gasteiger partial charge in [-0.05, 0) is 24.5 Å². The molecule has 112 valence electrons. The molecule has 1 unspecified atom stereocenters.